The van der Waals surface area contributed by atoms with E-state index in [2.05, 4.69) is 13.8 Å². The number of carboxylic acids is 1. The molecular formula is C18H21O3-. The zero-order chi connectivity index (χ0) is 15.4. The minimum Gasteiger partial charge on any atom is -0.550 e. The average molecular weight is 285 g/mol. The summed E-state index contributed by atoms with van der Waals surface area (Å²) < 4.78 is 0. The van der Waals surface area contributed by atoms with Crippen LogP contribution in [0.5, 0.6) is 0 Å². The molecule has 0 amide bonds. The molecule has 3 unspecified atom stereocenters. The third-order valence-electron chi connectivity index (χ3n) is 5.96. The first-order chi connectivity index (χ1) is 9.79. The van der Waals surface area contributed by atoms with E-state index in [9.17, 15) is 14.7 Å². The highest BCUT2D eigenvalue weighted by molar-refractivity contribution is 5.94. The fourth-order valence-corrected chi connectivity index (χ4v) is 4.87. The summed E-state index contributed by atoms with van der Waals surface area (Å²) in [6.45, 7) is 5.91. The molecule has 0 saturated heterocycles. The van der Waals surface area contributed by atoms with Crippen LogP contribution in [0.3, 0.4) is 0 Å². The molecule has 2 aliphatic carbocycles. The monoisotopic (exact) mass is 285 g/mol. The second-order valence-corrected chi connectivity index (χ2v) is 7.13. The molecule has 0 radical (unpaired) electrons. The van der Waals surface area contributed by atoms with Crippen LogP contribution >= 0.6 is 0 Å². The van der Waals surface area contributed by atoms with Crippen molar-refractivity contribution in [1.82, 2.24) is 0 Å². The molecule has 3 rings (SSSR count). The Bertz CT molecular complexity index is 633. The highest BCUT2D eigenvalue weighted by Crippen LogP contribution is 2.62. The lowest BCUT2D eigenvalue weighted by atomic mass is 9.59. The molecule has 1 aromatic rings. The van der Waals surface area contributed by atoms with Crippen LogP contribution in [0.4, 0.5) is 0 Å². The summed E-state index contributed by atoms with van der Waals surface area (Å²) in [5.41, 5.74) is 2.87. The molecule has 3 nitrogen and oxygen atoms in total. The predicted molar refractivity (Wildman–Crippen MR) is 78.1 cm³/mol. The van der Waals surface area contributed by atoms with Crippen molar-refractivity contribution in [3.8, 4) is 0 Å². The predicted octanol–water partition coefficient (Wildman–Crippen LogP) is 2.36. The van der Waals surface area contributed by atoms with Crippen LogP contribution in [0, 0.1) is 5.92 Å². The fraction of sp³-hybridized carbons (Fsp3) is 0.556. The lowest BCUT2D eigenvalue weighted by molar-refractivity contribution is -0.307. The van der Waals surface area contributed by atoms with E-state index in [1.54, 1.807) is 6.92 Å². The number of fused-ring (bicyclic) bond motifs is 5. The summed E-state index contributed by atoms with van der Waals surface area (Å²) in [4.78, 5) is 22.9. The normalized spacial score (nSPS) is 33.6. The maximum atomic E-state index is 11.7. The largest absolute Gasteiger partial charge is 0.550 e. The Hall–Kier alpha value is -1.64. The van der Waals surface area contributed by atoms with Crippen LogP contribution in [0.25, 0.3) is 0 Å². The number of carbonyl (C=O) groups excluding carboxylic acids is 2. The molecule has 2 aliphatic rings. The van der Waals surface area contributed by atoms with Gasteiger partial charge in [-0.05, 0) is 60.1 Å². The molecule has 21 heavy (non-hydrogen) atoms. The van der Waals surface area contributed by atoms with Crippen molar-refractivity contribution in [3.63, 3.8) is 0 Å². The third-order valence-corrected chi connectivity index (χ3v) is 5.96. The van der Waals surface area contributed by atoms with Gasteiger partial charge in [0.2, 0.25) is 0 Å². The SMILES string of the molecule is CC(=O)c1ccc2c(c1)C1(C)CCCC2(C)C1CC(=O)[O-]. The molecule has 0 heterocycles. The van der Waals surface area contributed by atoms with E-state index in [0.717, 1.165) is 24.8 Å². The first-order valence-electron chi connectivity index (χ1n) is 7.65. The zero-order valence-corrected chi connectivity index (χ0v) is 12.9. The Labute approximate surface area is 125 Å². The molecule has 0 aliphatic heterocycles. The van der Waals surface area contributed by atoms with Gasteiger partial charge >= 0.3 is 0 Å². The summed E-state index contributed by atoms with van der Waals surface area (Å²) in [7, 11) is 0. The maximum absolute atomic E-state index is 11.7. The fourth-order valence-electron chi connectivity index (χ4n) is 4.87. The number of benzene rings is 1. The first kappa shape index (κ1) is 14.3. The Kier molecular flexibility index (Phi) is 3.01. The van der Waals surface area contributed by atoms with Crippen molar-refractivity contribution in [2.24, 2.45) is 5.92 Å². The van der Waals surface area contributed by atoms with Gasteiger partial charge < -0.3 is 9.90 Å². The molecule has 3 heteroatoms. The van der Waals surface area contributed by atoms with Crippen molar-refractivity contribution < 1.29 is 14.7 Å². The summed E-state index contributed by atoms with van der Waals surface area (Å²) >= 11 is 0. The number of carbonyl (C=O) groups is 2. The number of ketones is 1. The Morgan fingerprint density at radius 1 is 1.19 bits per heavy atom. The summed E-state index contributed by atoms with van der Waals surface area (Å²) in [6, 6.07) is 5.92. The highest BCUT2D eigenvalue weighted by atomic mass is 16.4. The second-order valence-electron chi connectivity index (χ2n) is 7.13. The van der Waals surface area contributed by atoms with Crippen molar-refractivity contribution >= 4 is 11.8 Å². The van der Waals surface area contributed by atoms with Gasteiger partial charge in [-0.25, -0.2) is 0 Å². The van der Waals surface area contributed by atoms with Gasteiger partial charge in [0.1, 0.15) is 0 Å². The van der Waals surface area contributed by atoms with Gasteiger partial charge in [-0.15, -0.1) is 0 Å². The lowest BCUT2D eigenvalue weighted by Gasteiger charge is -2.45. The van der Waals surface area contributed by atoms with Gasteiger partial charge in [-0.3, -0.25) is 4.79 Å². The Morgan fingerprint density at radius 2 is 1.81 bits per heavy atom. The van der Waals surface area contributed by atoms with Crippen LogP contribution in [0.15, 0.2) is 18.2 Å². The summed E-state index contributed by atoms with van der Waals surface area (Å²) in [6.07, 6.45) is 3.18. The quantitative estimate of drug-likeness (QED) is 0.801. The maximum Gasteiger partial charge on any atom is 0.159 e. The van der Waals surface area contributed by atoms with Crippen molar-refractivity contribution in [1.29, 1.82) is 0 Å². The molecule has 112 valence electrons. The molecule has 1 saturated carbocycles. The number of aliphatic carboxylic acids is 1. The van der Waals surface area contributed by atoms with E-state index in [0.29, 0.717) is 0 Å². The van der Waals surface area contributed by atoms with Gasteiger partial charge in [-0.2, -0.15) is 0 Å². The lowest BCUT2D eigenvalue weighted by Crippen LogP contribution is -2.44. The standard InChI is InChI=1S/C18H22O3/c1-11(19)12-5-6-13-14(9-12)18(3)8-4-7-17(13,2)15(18)10-16(20)21/h5-6,9,15H,4,7-8,10H2,1-3H3,(H,20,21)/p-1. The third kappa shape index (κ3) is 1.86. The number of Topliss-reactive ketones (excluding diaryl/α,β-unsaturated/α-hetero) is 1. The molecule has 3 atom stereocenters. The van der Waals surface area contributed by atoms with Crippen LogP contribution in [-0.4, -0.2) is 11.8 Å². The first-order valence-corrected chi connectivity index (χ1v) is 7.65. The van der Waals surface area contributed by atoms with Gasteiger partial charge in [0, 0.05) is 11.5 Å². The molecule has 1 aromatic carbocycles. The van der Waals surface area contributed by atoms with Crippen molar-refractivity contribution in [3.05, 3.63) is 34.9 Å². The Morgan fingerprint density at radius 3 is 2.38 bits per heavy atom. The second kappa shape index (κ2) is 4.43. The van der Waals surface area contributed by atoms with Gasteiger partial charge in [0.15, 0.2) is 5.78 Å². The van der Waals surface area contributed by atoms with Gasteiger partial charge in [0.05, 0.1) is 0 Å². The van der Waals surface area contributed by atoms with E-state index in [4.69, 9.17) is 0 Å². The minimum absolute atomic E-state index is 0.0564. The number of rotatable bonds is 3. The Balaban J connectivity index is 2.19. The number of carboxylic acid groups (broad SMARTS) is 1. The number of hydrogen-bond donors (Lipinski definition) is 0. The zero-order valence-electron chi connectivity index (χ0n) is 12.9. The topological polar surface area (TPSA) is 57.2 Å². The van der Waals surface area contributed by atoms with E-state index in [1.807, 2.05) is 18.2 Å². The molecular weight excluding hydrogens is 264 g/mol. The van der Waals surface area contributed by atoms with Gasteiger partial charge in [-0.1, -0.05) is 32.4 Å². The highest BCUT2D eigenvalue weighted by Gasteiger charge is 2.57. The van der Waals surface area contributed by atoms with E-state index >= 15 is 0 Å². The van der Waals surface area contributed by atoms with E-state index < -0.39 is 5.97 Å². The number of hydrogen-bond acceptors (Lipinski definition) is 3. The summed E-state index contributed by atoms with van der Waals surface area (Å²) in [5, 5.41) is 11.2. The van der Waals surface area contributed by atoms with E-state index in [1.165, 1.54) is 11.1 Å². The smallest absolute Gasteiger partial charge is 0.159 e. The van der Waals surface area contributed by atoms with E-state index in [-0.39, 0.29) is 29.0 Å². The van der Waals surface area contributed by atoms with Crippen molar-refractivity contribution in [2.45, 2.75) is 57.3 Å². The molecule has 0 N–H and O–H groups in total. The van der Waals surface area contributed by atoms with Crippen molar-refractivity contribution in [2.75, 3.05) is 0 Å². The summed E-state index contributed by atoms with van der Waals surface area (Å²) in [5.74, 6) is -0.857. The molecule has 1 fully saturated rings. The molecule has 2 bridgehead atoms. The van der Waals surface area contributed by atoms with Gasteiger partial charge in [0.25, 0.3) is 0 Å². The van der Waals surface area contributed by atoms with Crippen LogP contribution in [0.2, 0.25) is 0 Å². The average Bonchev–Trinajstić information content (AvgIpc) is 2.52. The molecule has 0 aromatic heterocycles. The minimum atomic E-state index is -0.973. The van der Waals surface area contributed by atoms with Crippen LogP contribution < -0.4 is 5.11 Å². The molecule has 0 spiro atoms. The van der Waals surface area contributed by atoms with Crippen LogP contribution in [-0.2, 0) is 15.6 Å². The van der Waals surface area contributed by atoms with Crippen LogP contribution in [0.1, 0.15) is 67.9 Å².